The van der Waals surface area contributed by atoms with Gasteiger partial charge in [0.05, 0.1) is 12.7 Å². The predicted octanol–water partition coefficient (Wildman–Crippen LogP) is 2.16. The molecule has 0 saturated heterocycles. The molecule has 1 heterocycles. The molecule has 0 aliphatic heterocycles. The molecule has 2 aromatic rings. The van der Waals surface area contributed by atoms with Crippen molar-refractivity contribution < 1.29 is 19.7 Å². The van der Waals surface area contributed by atoms with Gasteiger partial charge < -0.3 is 14.9 Å². The van der Waals surface area contributed by atoms with Crippen molar-refractivity contribution in [2.45, 2.75) is 0 Å². The Morgan fingerprint density at radius 3 is 2.67 bits per heavy atom. The molecular weight excluding hydrogens is 234 g/mol. The van der Waals surface area contributed by atoms with Crippen LogP contribution in [0.2, 0.25) is 0 Å². The number of carboxylic acids is 1. The monoisotopic (exact) mass is 245 g/mol. The Labute approximate surface area is 103 Å². The average Bonchev–Trinajstić information content (AvgIpc) is 2.38. The van der Waals surface area contributed by atoms with E-state index in [4.69, 9.17) is 9.84 Å². The number of hydrogen-bond acceptors (Lipinski definition) is 4. The summed E-state index contributed by atoms with van der Waals surface area (Å²) in [6, 6.07) is 7.57. The number of nitrogens with zero attached hydrogens (tertiary/aromatic N) is 1. The van der Waals surface area contributed by atoms with Gasteiger partial charge in [0.25, 0.3) is 0 Å². The Balaban J connectivity index is 2.47. The van der Waals surface area contributed by atoms with Gasteiger partial charge in [0, 0.05) is 17.8 Å². The molecule has 0 atom stereocenters. The highest BCUT2D eigenvalue weighted by atomic mass is 16.5. The zero-order valence-corrected chi connectivity index (χ0v) is 9.62. The number of methoxy groups -OCH3 is 1. The standard InChI is InChI=1S/C13H11NO4/c1-18-12-7-8(4-5-14-12)10-3-2-9(13(16)17)6-11(10)15/h2-7,15H,1H3,(H,16,17). The number of hydrogen-bond donors (Lipinski definition) is 2. The maximum atomic E-state index is 10.8. The van der Waals surface area contributed by atoms with Crippen LogP contribution in [0.15, 0.2) is 36.5 Å². The van der Waals surface area contributed by atoms with Gasteiger partial charge in [0.15, 0.2) is 0 Å². The van der Waals surface area contributed by atoms with E-state index < -0.39 is 5.97 Å². The molecule has 5 nitrogen and oxygen atoms in total. The molecule has 2 rings (SSSR count). The van der Waals surface area contributed by atoms with Crippen LogP contribution in [0.3, 0.4) is 0 Å². The first-order chi connectivity index (χ1) is 8.61. The zero-order valence-electron chi connectivity index (χ0n) is 9.62. The van der Waals surface area contributed by atoms with Crippen molar-refractivity contribution in [2.75, 3.05) is 7.11 Å². The predicted molar refractivity (Wildman–Crippen MR) is 64.8 cm³/mol. The van der Waals surface area contributed by atoms with Gasteiger partial charge in [0.2, 0.25) is 5.88 Å². The summed E-state index contributed by atoms with van der Waals surface area (Å²) in [4.78, 5) is 14.7. The number of ether oxygens (including phenoxy) is 1. The fraction of sp³-hybridized carbons (Fsp3) is 0.0769. The zero-order chi connectivity index (χ0) is 13.1. The first-order valence-corrected chi connectivity index (χ1v) is 5.18. The lowest BCUT2D eigenvalue weighted by Gasteiger charge is -2.07. The van der Waals surface area contributed by atoms with Crippen molar-refractivity contribution in [3.63, 3.8) is 0 Å². The number of phenols is 1. The van der Waals surface area contributed by atoms with E-state index in [1.54, 1.807) is 24.4 Å². The van der Waals surface area contributed by atoms with Gasteiger partial charge in [-0.3, -0.25) is 0 Å². The van der Waals surface area contributed by atoms with Gasteiger partial charge in [0.1, 0.15) is 5.75 Å². The van der Waals surface area contributed by atoms with Crippen LogP contribution in [0.1, 0.15) is 10.4 Å². The Bertz CT molecular complexity index is 595. The van der Waals surface area contributed by atoms with Crippen molar-refractivity contribution >= 4 is 5.97 Å². The molecule has 0 radical (unpaired) electrons. The SMILES string of the molecule is COc1cc(-c2ccc(C(=O)O)cc2O)ccn1. The van der Waals surface area contributed by atoms with E-state index in [1.807, 2.05) is 0 Å². The lowest BCUT2D eigenvalue weighted by atomic mass is 10.0. The molecule has 0 saturated carbocycles. The topological polar surface area (TPSA) is 79.7 Å². The van der Waals surface area contributed by atoms with E-state index in [0.717, 1.165) is 0 Å². The van der Waals surface area contributed by atoms with Crippen molar-refractivity contribution in [3.05, 3.63) is 42.1 Å². The van der Waals surface area contributed by atoms with Gasteiger partial charge >= 0.3 is 5.97 Å². The van der Waals surface area contributed by atoms with Gasteiger partial charge in [-0.2, -0.15) is 0 Å². The second-order valence-electron chi connectivity index (χ2n) is 3.62. The molecular formula is C13H11NO4. The summed E-state index contributed by atoms with van der Waals surface area (Å²) in [5.41, 5.74) is 1.27. The lowest BCUT2D eigenvalue weighted by Crippen LogP contribution is -1.95. The molecule has 1 aromatic heterocycles. The third kappa shape index (κ3) is 2.24. The van der Waals surface area contributed by atoms with E-state index in [0.29, 0.717) is 17.0 Å². The fourth-order valence-corrected chi connectivity index (χ4v) is 1.60. The number of phenolic OH excluding ortho intramolecular Hbond substituents is 1. The molecule has 0 aliphatic rings. The van der Waals surface area contributed by atoms with Crippen LogP contribution in [-0.2, 0) is 0 Å². The molecule has 92 valence electrons. The molecule has 1 aromatic carbocycles. The van der Waals surface area contributed by atoms with E-state index in [2.05, 4.69) is 4.98 Å². The molecule has 0 bridgehead atoms. The highest BCUT2D eigenvalue weighted by molar-refractivity contribution is 5.89. The van der Waals surface area contributed by atoms with Gasteiger partial charge in [-0.25, -0.2) is 9.78 Å². The smallest absolute Gasteiger partial charge is 0.335 e. The van der Waals surface area contributed by atoms with E-state index in [9.17, 15) is 9.90 Å². The van der Waals surface area contributed by atoms with E-state index in [-0.39, 0.29) is 11.3 Å². The fourth-order valence-electron chi connectivity index (χ4n) is 1.60. The number of aromatic nitrogens is 1. The number of pyridine rings is 1. The number of aromatic hydroxyl groups is 1. The minimum Gasteiger partial charge on any atom is -0.507 e. The highest BCUT2D eigenvalue weighted by Crippen LogP contribution is 2.31. The van der Waals surface area contributed by atoms with Crippen LogP contribution in [0, 0.1) is 0 Å². The third-order valence-corrected chi connectivity index (χ3v) is 2.50. The summed E-state index contributed by atoms with van der Waals surface area (Å²) in [6.45, 7) is 0. The molecule has 2 N–H and O–H groups in total. The summed E-state index contributed by atoms with van der Waals surface area (Å²) in [7, 11) is 1.50. The maximum Gasteiger partial charge on any atom is 0.335 e. The molecule has 0 spiro atoms. The molecule has 0 amide bonds. The molecule has 5 heteroatoms. The number of carbonyl (C=O) groups is 1. The first kappa shape index (κ1) is 11.9. The molecule has 0 fully saturated rings. The summed E-state index contributed by atoms with van der Waals surface area (Å²) < 4.78 is 4.99. The summed E-state index contributed by atoms with van der Waals surface area (Å²) in [5, 5.41) is 18.6. The first-order valence-electron chi connectivity index (χ1n) is 5.18. The number of benzene rings is 1. The summed E-state index contributed by atoms with van der Waals surface area (Å²) >= 11 is 0. The van der Waals surface area contributed by atoms with Crippen LogP contribution in [-0.4, -0.2) is 28.3 Å². The Hall–Kier alpha value is -2.56. The van der Waals surface area contributed by atoms with Crippen molar-refractivity contribution in [1.82, 2.24) is 4.98 Å². The Kier molecular flexibility index (Phi) is 3.14. The minimum atomic E-state index is -1.08. The summed E-state index contributed by atoms with van der Waals surface area (Å²) in [5.74, 6) is -0.749. The number of carboxylic acid groups (broad SMARTS) is 1. The Morgan fingerprint density at radius 1 is 1.28 bits per heavy atom. The normalized spacial score (nSPS) is 10.1. The van der Waals surface area contributed by atoms with Crippen LogP contribution in [0.5, 0.6) is 11.6 Å². The number of rotatable bonds is 3. The van der Waals surface area contributed by atoms with E-state index in [1.165, 1.54) is 19.2 Å². The minimum absolute atomic E-state index is 0.0391. The second-order valence-corrected chi connectivity index (χ2v) is 3.62. The highest BCUT2D eigenvalue weighted by Gasteiger charge is 2.10. The van der Waals surface area contributed by atoms with Crippen LogP contribution < -0.4 is 4.74 Å². The van der Waals surface area contributed by atoms with Crippen LogP contribution in [0.25, 0.3) is 11.1 Å². The Morgan fingerprint density at radius 2 is 2.06 bits per heavy atom. The third-order valence-electron chi connectivity index (χ3n) is 2.50. The molecule has 0 aliphatic carbocycles. The second kappa shape index (κ2) is 4.75. The van der Waals surface area contributed by atoms with Crippen molar-refractivity contribution in [3.8, 4) is 22.8 Å². The van der Waals surface area contributed by atoms with E-state index >= 15 is 0 Å². The quantitative estimate of drug-likeness (QED) is 0.866. The van der Waals surface area contributed by atoms with Crippen LogP contribution in [0.4, 0.5) is 0 Å². The van der Waals surface area contributed by atoms with Crippen LogP contribution >= 0.6 is 0 Å². The van der Waals surface area contributed by atoms with Crippen molar-refractivity contribution in [1.29, 1.82) is 0 Å². The van der Waals surface area contributed by atoms with Crippen molar-refractivity contribution in [2.24, 2.45) is 0 Å². The largest absolute Gasteiger partial charge is 0.507 e. The van der Waals surface area contributed by atoms with Gasteiger partial charge in [-0.05, 0) is 29.8 Å². The average molecular weight is 245 g/mol. The molecule has 18 heavy (non-hydrogen) atoms. The number of aromatic carboxylic acids is 1. The lowest BCUT2D eigenvalue weighted by molar-refractivity contribution is 0.0696. The molecule has 0 unspecified atom stereocenters. The van der Waals surface area contributed by atoms with Gasteiger partial charge in [-0.15, -0.1) is 0 Å². The summed E-state index contributed by atoms with van der Waals surface area (Å²) in [6.07, 6.45) is 1.55. The maximum absolute atomic E-state index is 10.8. The van der Waals surface area contributed by atoms with Gasteiger partial charge in [-0.1, -0.05) is 0 Å².